The summed E-state index contributed by atoms with van der Waals surface area (Å²) in [5.41, 5.74) is 2.55. The zero-order chi connectivity index (χ0) is 24.2. The molecule has 33 heavy (non-hydrogen) atoms. The molecule has 0 bridgehead atoms. The molecule has 0 spiro atoms. The van der Waals surface area contributed by atoms with E-state index in [1.54, 1.807) is 13.8 Å². The third kappa shape index (κ3) is 5.45. The van der Waals surface area contributed by atoms with Crippen molar-refractivity contribution in [2.75, 3.05) is 13.2 Å². The second-order valence-corrected chi connectivity index (χ2v) is 9.41. The van der Waals surface area contributed by atoms with E-state index in [0.29, 0.717) is 0 Å². The summed E-state index contributed by atoms with van der Waals surface area (Å²) in [7, 11) is 0. The number of hydrogen-bond donors (Lipinski definition) is 1. The monoisotopic (exact) mass is 451 g/mol. The van der Waals surface area contributed by atoms with Gasteiger partial charge in [0.2, 0.25) is 0 Å². The SMILES string of the molecule is C=CCOC(=O)[C@](C)(NC(=O)OCC1c2ccccc2-c2ccccc21)[C@H](C)OC(C)(C)C. The van der Waals surface area contributed by atoms with Crippen molar-refractivity contribution in [3.05, 3.63) is 72.3 Å². The van der Waals surface area contributed by atoms with E-state index in [1.165, 1.54) is 6.08 Å². The van der Waals surface area contributed by atoms with Crippen LogP contribution in [0.2, 0.25) is 0 Å². The molecule has 0 saturated carbocycles. The minimum absolute atomic E-state index is 0.0308. The van der Waals surface area contributed by atoms with E-state index in [4.69, 9.17) is 14.2 Å². The number of nitrogens with one attached hydrogen (secondary N) is 1. The first-order valence-corrected chi connectivity index (χ1v) is 11.2. The fourth-order valence-corrected chi connectivity index (χ4v) is 4.10. The molecule has 3 rings (SSSR count). The van der Waals surface area contributed by atoms with Gasteiger partial charge in [-0.2, -0.15) is 0 Å². The minimum atomic E-state index is -1.45. The molecule has 0 aliphatic heterocycles. The second-order valence-electron chi connectivity index (χ2n) is 9.41. The van der Waals surface area contributed by atoms with Gasteiger partial charge in [0.1, 0.15) is 13.2 Å². The summed E-state index contributed by atoms with van der Waals surface area (Å²) < 4.78 is 16.9. The number of esters is 1. The third-order valence-corrected chi connectivity index (χ3v) is 5.81. The van der Waals surface area contributed by atoms with E-state index in [9.17, 15) is 9.59 Å². The molecule has 1 aliphatic rings. The summed E-state index contributed by atoms with van der Waals surface area (Å²) >= 11 is 0. The van der Waals surface area contributed by atoms with Crippen LogP contribution in [0, 0.1) is 0 Å². The van der Waals surface area contributed by atoms with Crippen LogP contribution in [-0.4, -0.2) is 42.5 Å². The highest BCUT2D eigenvalue weighted by atomic mass is 16.6. The summed E-state index contributed by atoms with van der Waals surface area (Å²) in [6.45, 7) is 12.7. The van der Waals surface area contributed by atoms with Crippen LogP contribution in [0.5, 0.6) is 0 Å². The molecule has 1 amide bonds. The van der Waals surface area contributed by atoms with Gasteiger partial charge in [-0.1, -0.05) is 61.2 Å². The summed E-state index contributed by atoms with van der Waals surface area (Å²) in [6, 6.07) is 16.2. The Labute approximate surface area is 195 Å². The van der Waals surface area contributed by atoms with E-state index in [0.717, 1.165) is 22.3 Å². The highest BCUT2D eigenvalue weighted by Gasteiger charge is 2.45. The molecule has 6 heteroatoms. The number of alkyl carbamates (subject to hydrolysis) is 1. The quantitative estimate of drug-likeness (QED) is 0.440. The Kier molecular flexibility index (Phi) is 7.28. The molecule has 0 radical (unpaired) electrons. The van der Waals surface area contributed by atoms with Crippen molar-refractivity contribution in [3.63, 3.8) is 0 Å². The molecule has 1 N–H and O–H groups in total. The van der Waals surface area contributed by atoms with E-state index in [2.05, 4.69) is 36.2 Å². The minimum Gasteiger partial charge on any atom is -0.460 e. The number of carbonyl (C=O) groups is 2. The first-order chi connectivity index (χ1) is 15.6. The van der Waals surface area contributed by atoms with Crippen molar-refractivity contribution in [1.29, 1.82) is 0 Å². The van der Waals surface area contributed by atoms with E-state index < -0.39 is 29.3 Å². The number of amides is 1. The van der Waals surface area contributed by atoms with E-state index >= 15 is 0 Å². The van der Waals surface area contributed by atoms with Gasteiger partial charge in [-0.05, 0) is 56.9 Å². The molecule has 0 saturated heterocycles. The summed E-state index contributed by atoms with van der Waals surface area (Å²) in [5, 5.41) is 2.70. The fourth-order valence-electron chi connectivity index (χ4n) is 4.10. The molecule has 2 atom stereocenters. The highest BCUT2D eigenvalue weighted by molar-refractivity contribution is 5.86. The molecule has 2 aromatic carbocycles. The Morgan fingerprint density at radius 1 is 1.00 bits per heavy atom. The lowest BCUT2D eigenvalue weighted by Crippen LogP contribution is -2.61. The van der Waals surface area contributed by atoms with Gasteiger partial charge in [0.05, 0.1) is 11.7 Å². The number of rotatable bonds is 8. The first kappa shape index (κ1) is 24.5. The van der Waals surface area contributed by atoms with Crippen molar-refractivity contribution < 1.29 is 23.8 Å². The predicted octanol–water partition coefficient (Wildman–Crippen LogP) is 5.22. The molecular formula is C27H33NO5. The Morgan fingerprint density at radius 2 is 1.55 bits per heavy atom. The lowest BCUT2D eigenvalue weighted by Gasteiger charge is -2.37. The number of carbonyl (C=O) groups excluding carboxylic acids is 2. The van der Waals surface area contributed by atoms with Crippen LogP contribution < -0.4 is 5.32 Å². The van der Waals surface area contributed by atoms with Crippen LogP contribution in [0.25, 0.3) is 11.1 Å². The zero-order valence-corrected chi connectivity index (χ0v) is 20.0. The molecule has 1 aliphatic carbocycles. The van der Waals surface area contributed by atoms with Crippen LogP contribution in [-0.2, 0) is 19.0 Å². The molecule has 0 aromatic heterocycles. The Morgan fingerprint density at radius 3 is 2.06 bits per heavy atom. The predicted molar refractivity (Wildman–Crippen MR) is 128 cm³/mol. The number of ether oxygens (including phenoxy) is 3. The molecule has 0 heterocycles. The maximum Gasteiger partial charge on any atom is 0.408 e. The molecule has 2 aromatic rings. The molecule has 0 fully saturated rings. The van der Waals surface area contributed by atoms with Crippen LogP contribution in [0.1, 0.15) is 51.7 Å². The summed E-state index contributed by atoms with van der Waals surface area (Å²) in [4.78, 5) is 25.7. The lowest BCUT2D eigenvalue weighted by molar-refractivity contribution is -0.161. The number of fused-ring (bicyclic) bond motifs is 3. The van der Waals surface area contributed by atoms with Gasteiger partial charge in [0, 0.05) is 5.92 Å². The van der Waals surface area contributed by atoms with Gasteiger partial charge < -0.3 is 19.5 Å². The molecule has 0 unspecified atom stereocenters. The van der Waals surface area contributed by atoms with Crippen LogP contribution in [0.15, 0.2) is 61.2 Å². The highest BCUT2D eigenvalue weighted by Crippen LogP contribution is 2.44. The van der Waals surface area contributed by atoms with Gasteiger partial charge in [0.25, 0.3) is 0 Å². The van der Waals surface area contributed by atoms with Crippen molar-refractivity contribution >= 4 is 12.1 Å². The Hall–Kier alpha value is -3.12. The molecule has 6 nitrogen and oxygen atoms in total. The maximum absolute atomic E-state index is 12.9. The number of benzene rings is 2. The van der Waals surface area contributed by atoms with Crippen LogP contribution in [0.3, 0.4) is 0 Å². The van der Waals surface area contributed by atoms with Crippen LogP contribution in [0.4, 0.5) is 4.79 Å². The van der Waals surface area contributed by atoms with Gasteiger partial charge >= 0.3 is 12.1 Å². The summed E-state index contributed by atoms with van der Waals surface area (Å²) in [6.07, 6.45) is 0.0931. The van der Waals surface area contributed by atoms with E-state index in [-0.39, 0.29) is 19.1 Å². The Balaban J connectivity index is 1.75. The maximum atomic E-state index is 12.9. The van der Waals surface area contributed by atoms with Gasteiger partial charge in [-0.15, -0.1) is 0 Å². The summed E-state index contributed by atoms with van der Waals surface area (Å²) in [5.74, 6) is -0.696. The second kappa shape index (κ2) is 9.79. The standard InChI is InChI=1S/C27H33NO5/c1-7-16-31-24(29)27(6,18(2)33-26(3,4)5)28-25(30)32-17-23-21-14-10-8-12-19(21)20-13-9-11-15-22(20)23/h7-15,18,23H,1,16-17H2,2-6H3,(H,28,30)/t18-,27+/m0/s1. The average Bonchev–Trinajstić information content (AvgIpc) is 3.08. The van der Waals surface area contributed by atoms with Crippen LogP contribution >= 0.6 is 0 Å². The van der Waals surface area contributed by atoms with Gasteiger partial charge in [-0.3, -0.25) is 0 Å². The fraction of sp³-hybridized carbons (Fsp3) is 0.407. The molecular weight excluding hydrogens is 418 g/mol. The third-order valence-electron chi connectivity index (χ3n) is 5.81. The Bertz CT molecular complexity index is 980. The average molecular weight is 452 g/mol. The molecule has 176 valence electrons. The zero-order valence-electron chi connectivity index (χ0n) is 20.0. The van der Waals surface area contributed by atoms with Crippen molar-refractivity contribution in [1.82, 2.24) is 5.32 Å². The normalized spacial score (nSPS) is 15.5. The van der Waals surface area contributed by atoms with Crippen molar-refractivity contribution in [3.8, 4) is 11.1 Å². The lowest BCUT2D eigenvalue weighted by atomic mass is 9.95. The largest absolute Gasteiger partial charge is 0.460 e. The first-order valence-electron chi connectivity index (χ1n) is 11.2. The topological polar surface area (TPSA) is 73.9 Å². The van der Waals surface area contributed by atoms with E-state index in [1.807, 2.05) is 45.0 Å². The van der Waals surface area contributed by atoms with Crippen molar-refractivity contribution in [2.45, 2.75) is 57.8 Å². The van der Waals surface area contributed by atoms with Crippen molar-refractivity contribution in [2.24, 2.45) is 0 Å². The van der Waals surface area contributed by atoms with Gasteiger partial charge in [0.15, 0.2) is 5.54 Å². The smallest absolute Gasteiger partial charge is 0.408 e. The van der Waals surface area contributed by atoms with Gasteiger partial charge in [-0.25, -0.2) is 9.59 Å². The number of hydrogen-bond acceptors (Lipinski definition) is 5.